The van der Waals surface area contributed by atoms with Crippen LogP contribution in [0.2, 0.25) is 18.1 Å². The Morgan fingerprint density at radius 3 is 2.13 bits per heavy atom. The molecule has 15 heavy (non-hydrogen) atoms. The molecule has 1 fully saturated rings. The maximum atomic E-state index is 5.96. The highest BCUT2D eigenvalue weighted by atomic mass is 28.3. The second kappa shape index (κ2) is 3.60. The van der Waals surface area contributed by atoms with Crippen LogP contribution < -0.4 is 0 Å². The number of rotatable bonds is 4. The Bertz CT molecular complexity index is 275. The third-order valence-electron chi connectivity index (χ3n) is 4.33. The molecule has 0 bridgehead atoms. The molecule has 0 saturated carbocycles. The van der Waals surface area contributed by atoms with Crippen molar-refractivity contribution < 1.29 is 4.74 Å². The number of ether oxygens (including phenoxy) is 1. The molecule has 1 nitrogen and oxygen atoms in total. The Balaban J connectivity index is 3.02. The summed E-state index contributed by atoms with van der Waals surface area (Å²) in [5, 5.41) is 0.391. The number of hydrogen-bond acceptors (Lipinski definition) is 1. The lowest BCUT2D eigenvalue weighted by Crippen LogP contribution is -2.53. The van der Waals surface area contributed by atoms with Gasteiger partial charge in [0.15, 0.2) is 0 Å². The van der Waals surface area contributed by atoms with Crippen LogP contribution in [0.15, 0.2) is 25.3 Å². The van der Waals surface area contributed by atoms with Gasteiger partial charge in [-0.2, -0.15) is 0 Å². The molecule has 86 valence electrons. The summed E-state index contributed by atoms with van der Waals surface area (Å²) in [7, 11) is -1.49. The zero-order chi connectivity index (χ0) is 11.9. The molecule has 1 aliphatic rings. The van der Waals surface area contributed by atoms with Crippen LogP contribution in [-0.4, -0.2) is 19.4 Å². The molecule has 0 aromatic carbocycles. The fourth-order valence-corrected chi connectivity index (χ4v) is 5.38. The van der Waals surface area contributed by atoms with E-state index in [1.807, 2.05) is 12.2 Å². The minimum atomic E-state index is -1.49. The fourth-order valence-electron chi connectivity index (χ4n) is 2.20. The molecule has 0 radical (unpaired) electrons. The molecule has 0 aliphatic carbocycles. The molecule has 1 heterocycles. The van der Waals surface area contributed by atoms with E-state index in [-0.39, 0.29) is 11.3 Å². The first-order valence-electron chi connectivity index (χ1n) is 5.64. The van der Waals surface area contributed by atoms with Gasteiger partial charge in [0.25, 0.3) is 0 Å². The first-order valence-corrected chi connectivity index (χ1v) is 8.64. The lowest BCUT2D eigenvalue weighted by Gasteiger charge is -2.41. The van der Waals surface area contributed by atoms with Gasteiger partial charge in [-0.1, -0.05) is 46.0 Å². The predicted molar refractivity (Wildman–Crippen MR) is 69.8 cm³/mol. The van der Waals surface area contributed by atoms with Crippen LogP contribution in [0, 0.1) is 0 Å². The Hall–Kier alpha value is -0.343. The predicted octanol–water partition coefficient (Wildman–Crippen LogP) is 3.93. The average molecular weight is 224 g/mol. The zero-order valence-corrected chi connectivity index (χ0v) is 11.8. The summed E-state index contributed by atoms with van der Waals surface area (Å²) in [6.07, 6.45) is 5.14. The van der Waals surface area contributed by atoms with Gasteiger partial charge < -0.3 is 4.74 Å². The van der Waals surface area contributed by atoms with Gasteiger partial charge >= 0.3 is 0 Å². The highest BCUT2D eigenvalue weighted by Gasteiger charge is 2.67. The summed E-state index contributed by atoms with van der Waals surface area (Å²) in [5.41, 5.74) is 0. The van der Waals surface area contributed by atoms with Crippen LogP contribution in [0.1, 0.15) is 27.2 Å². The summed E-state index contributed by atoms with van der Waals surface area (Å²) >= 11 is 0. The molecule has 1 saturated heterocycles. The van der Waals surface area contributed by atoms with Gasteiger partial charge in [0.05, 0.1) is 13.3 Å². The molecule has 0 aromatic rings. The minimum Gasteiger partial charge on any atom is -0.365 e. The summed E-state index contributed by atoms with van der Waals surface area (Å²) in [6.45, 7) is 19.5. The van der Waals surface area contributed by atoms with E-state index in [1.54, 1.807) is 0 Å². The molecular weight excluding hydrogens is 200 g/mol. The standard InChI is InChI=1S/C13H24OSi/c1-8-10-13(11(9-2)14-13)15(6,7)12(3,4)5/h8-9,11H,1-2,10H2,3-7H3/t11-,13+/m1/s1. The van der Waals surface area contributed by atoms with Crippen LogP contribution in [-0.2, 0) is 4.74 Å². The van der Waals surface area contributed by atoms with Gasteiger partial charge in [-0.15, -0.1) is 13.2 Å². The zero-order valence-electron chi connectivity index (χ0n) is 10.8. The Kier molecular flexibility index (Phi) is 3.05. The van der Waals surface area contributed by atoms with Gasteiger partial charge in [-0.3, -0.25) is 0 Å². The van der Waals surface area contributed by atoms with Crippen molar-refractivity contribution in [1.29, 1.82) is 0 Å². The normalized spacial score (nSPS) is 31.1. The second-order valence-electron chi connectivity index (χ2n) is 6.03. The van der Waals surface area contributed by atoms with E-state index in [0.29, 0.717) is 5.04 Å². The molecule has 2 heteroatoms. The lowest BCUT2D eigenvalue weighted by atomic mass is 10.2. The lowest BCUT2D eigenvalue weighted by molar-refractivity contribution is 0.350. The second-order valence-corrected chi connectivity index (χ2v) is 11.6. The van der Waals surface area contributed by atoms with Gasteiger partial charge in [0.1, 0.15) is 6.10 Å². The van der Waals surface area contributed by atoms with Crippen molar-refractivity contribution in [2.24, 2.45) is 0 Å². The van der Waals surface area contributed by atoms with Crippen molar-refractivity contribution in [2.75, 3.05) is 0 Å². The van der Waals surface area contributed by atoms with Crippen LogP contribution in [0.4, 0.5) is 0 Å². The van der Waals surface area contributed by atoms with E-state index in [9.17, 15) is 0 Å². The fraction of sp³-hybridized carbons (Fsp3) is 0.692. The van der Waals surface area contributed by atoms with E-state index in [4.69, 9.17) is 4.74 Å². The van der Waals surface area contributed by atoms with Gasteiger partial charge in [-0.05, 0) is 11.5 Å². The van der Waals surface area contributed by atoms with Crippen LogP contribution in [0.25, 0.3) is 0 Å². The molecule has 0 amide bonds. The molecule has 1 aliphatic heterocycles. The van der Waals surface area contributed by atoms with Crippen molar-refractivity contribution in [3.63, 3.8) is 0 Å². The molecule has 2 atom stereocenters. The maximum Gasteiger partial charge on any atom is 0.102 e. The summed E-state index contributed by atoms with van der Waals surface area (Å²) in [5.74, 6) is 0. The topological polar surface area (TPSA) is 12.5 Å². The SMILES string of the molecule is C=CC[C@@]1([Si](C)(C)C(C)(C)C)O[C@@H]1C=C. The van der Waals surface area contributed by atoms with Crippen molar-refractivity contribution in [1.82, 2.24) is 0 Å². The quantitative estimate of drug-likeness (QED) is 0.400. The molecular formula is C13H24OSi. The van der Waals surface area contributed by atoms with E-state index in [1.165, 1.54) is 0 Å². The van der Waals surface area contributed by atoms with Crippen molar-refractivity contribution in [3.8, 4) is 0 Å². The first-order chi connectivity index (χ1) is 6.73. The number of epoxide rings is 1. The largest absolute Gasteiger partial charge is 0.365 e. The third-order valence-corrected chi connectivity index (χ3v) is 10.8. The highest BCUT2D eigenvalue weighted by molar-refractivity contribution is 6.83. The van der Waals surface area contributed by atoms with Gasteiger partial charge in [-0.25, -0.2) is 0 Å². The Morgan fingerprint density at radius 1 is 1.33 bits per heavy atom. The van der Waals surface area contributed by atoms with Crippen molar-refractivity contribution >= 4 is 8.07 Å². The van der Waals surface area contributed by atoms with E-state index >= 15 is 0 Å². The summed E-state index contributed by atoms with van der Waals surface area (Å²) in [4.78, 5) is 0. The monoisotopic (exact) mass is 224 g/mol. The number of hydrogen-bond donors (Lipinski definition) is 0. The molecule has 0 spiro atoms. The van der Waals surface area contributed by atoms with Gasteiger partial charge in [0, 0.05) is 0 Å². The average Bonchev–Trinajstić information content (AvgIpc) is 2.79. The molecule has 0 unspecified atom stereocenters. The first kappa shape index (κ1) is 12.7. The third kappa shape index (κ3) is 1.74. The van der Waals surface area contributed by atoms with E-state index in [0.717, 1.165) is 6.42 Å². The van der Waals surface area contributed by atoms with Crippen LogP contribution in [0.5, 0.6) is 0 Å². The maximum absolute atomic E-state index is 5.96. The molecule has 1 rings (SSSR count). The van der Waals surface area contributed by atoms with Crippen LogP contribution >= 0.6 is 0 Å². The summed E-state index contributed by atoms with van der Waals surface area (Å²) < 4.78 is 5.96. The van der Waals surface area contributed by atoms with Crippen LogP contribution in [0.3, 0.4) is 0 Å². The Morgan fingerprint density at radius 2 is 1.87 bits per heavy atom. The molecule has 0 N–H and O–H groups in total. The smallest absolute Gasteiger partial charge is 0.102 e. The summed E-state index contributed by atoms with van der Waals surface area (Å²) in [6, 6.07) is 0. The Labute approximate surface area is 95.2 Å². The van der Waals surface area contributed by atoms with Crippen molar-refractivity contribution in [2.45, 2.75) is 56.7 Å². The van der Waals surface area contributed by atoms with Crippen molar-refractivity contribution in [3.05, 3.63) is 25.3 Å². The molecule has 0 aromatic heterocycles. The van der Waals surface area contributed by atoms with Gasteiger partial charge in [0.2, 0.25) is 0 Å². The highest BCUT2D eigenvalue weighted by Crippen LogP contribution is 2.56. The minimum absolute atomic E-state index is 0.0503. The van der Waals surface area contributed by atoms with E-state index in [2.05, 4.69) is 47.0 Å². The van der Waals surface area contributed by atoms with E-state index < -0.39 is 8.07 Å².